The van der Waals surface area contributed by atoms with Crippen LogP contribution >= 0.6 is 22.9 Å². The van der Waals surface area contributed by atoms with Gasteiger partial charge in [-0.1, -0.05) is 48.9 Å². The van der Waals surface area contributed by atoms with Gasteiger partial charge in [-0.05, 0) is 36.5 Å². The number of rotatable bonds is 11. The molecule has 0 aliphatic heterocycles. The van der Waals surface area contributed by atoms with Crippen LogP contribution in [0.4, 0.5) is 5.13 Å². The first kappa shape index (κ1) is 22.3. The van der Waals surface area contributed by atoms with Gasteiger partial charge in [0, 0.05) is 43.5 Å². The largest absolute Gasteiger partial charge is 0.351 e. The number of aryl methyl sites for hydroxylation is 1. The maximum Gasteiger partial charge on any atom is 0.263 e. The molecule has 160 valence electrons. The van der Waals surface area contributed by atoms with Crippen LogP contribution in [-0.4, -0.2) is 33.9 Å². The molecule has 0 radical (unpaired) electrons. The van der Waals surface area contributed by atoms with Crippen molar-refractivity contribution >= 4 is 34.0 Å². The first-order valence-corrected chi connectivity index (χ1v) is 11.4. The normalized spacial score (nSPS) is 11.1. The minimum Gasteiger partial charge on any atom is -0.351 e. The third-order valence-corrected chi connectivity index (χ3v) is 5.99. The predicted molar refractivity (Wildman–Crippen MR) is 123 cm³/mol. The first-order valence-electron chi connectivity index (χ1n) is 10.2. The number of carbonyl (C=O) groups excluding carboxylic acids is 1. The van der Waals surface area contributed by atoms with Crippen LogP contribution in [0, 0.1) is 5.92 Å². The van der Waals surface area contributed by atoms with Gasteiger partial charge < -0.3 is 15.2 Å². The van der Waals surface area contributed by atoms with Crippen LogP contribution in [0.2, 0.25) is 5.02 Å². The quantitative estimate of drug-likeness (QED) is 0.410. The maximum atomic E-state index is 12.5. The lowest BCUT2D eigenvalue weighted by Crippen LogP contribution is -2.25. The lowest BCUT2D eigenvalue weighted by molar-refractivity contribution is 0.0957. The molecule has 2 aromatic heterocycles. The molecular formula is C22H28ClN5OS. The zero-order valence-corrected chi connectivity index (χ0v) is 19.0. The van der Waals surface area contributed by atoms with Crippen LogP contribution in [0.3, 0.4) is 0 Å². The van der Waals surface area contributed by atoms with E-state index < -0.39 is 0 Å². The van der Waals surface area contributed by atoms with E-state index in [2.05, 4.69) is 39.0 Å². The Morgan fingerprint density at radius 1 is 1.27 bits per heavy atom. The second-order valence-corrected chi connectivity index (χ2v) is 9.08. The Balaban J connectivity index is 1.58. The van der Waals surface area contributed by atoms with Gasteiger partial charge in [-0.15, -0.1) is 0 Å². The average Bonchev–Trinajstić information content (AvgIpc) is 3.42. The van der Waals surface area contributed by atoms with Crippen molar-refractivity contribution in [1.29, 1.82) is 0 Å². The third kappa shape index (κ3) is 6.85. The maximum absolute atomic E-state index is 12.5. The number of nitrogens with zero attached hydrogens (tertiary/aromatic N) is 3. The number of H-pyrrole nitrogens is 1. The van der Waals surface area contributed by atoms with Gasteiger partial charge in [-0.25, -0.2) is 9.97 Å². The van der Waals surface area contributed by atoms with E-state index in [1.807, 2.05) is 30.5 Å². The monoisotopic (exact) mass is 445 g/mol. The molecule has 0 bridgehead atoms. The second-order valence-electron chi connectivity index (χ2n) is 7.63. The molecule has 1 amide bonds. The highest BCUT2D eigenvalue weighted by atomic mass is 35.5. The number of amides is 1. The Kier molecular flexibility index (Phi) is 8.28. The van der Waals surface area contributed by atoms with Gasteiger partial charge in [0.05, 0.1) is 6.20 Å². The van der Waals surface area contributed by atoms with Gasteiger partial charge in [0.1, 0.15) is 10.7 Å². The van der Waals surface area contributed by atoms with E-state index in [4.69, 9.17) is 11.6 Å². The fourth-order valence-corrected chi connectivity index (χ4v) is 3.95. The van der Waals surface area contributed by atoms with Gasteiger partial charge in [0.15, 0.2) is 5.13 Å². The summed E-state index contributed by atoms with van der Waals surface area (Å²) in [6, 6.07) is 7.87. The average molecular weight is 446 g/mol. The molecule has 0 saturated carbocycles. The summed E-state index contributed by atoms with van der Waals surface area (Å²) in [5.41, 5.74) is 1.17. The standard InChI is InChI=1S/C22H28ClN5OS/c1-16(2)9-13-28(15-17-5-7-18(23)8-6-17)22-27-14-19(30-22)21(29)26-10-3-4-20-24-11-12-25-20/h5-8,11-12,14,16H,3-4,9-10,13,15H2,1-2H3,(H,24,25)(H,26,29). The van der Waals surface area contributed by atoms with Crippen molar-refractivity contribution in [3.63, 3.8) is 0 Å². The van der Waals surface area contributed by atoms with Crippen LogP contribution in [-0.2, 0) is 13.0 Å². The van der Waals surface area contributed by atoms with Crippen LogP contribution < -0.4 is 10.2 Å². The molecular weight excluding hydrogens is 418 g/mol. The topological polar surface area (TPSA) is 73.9 Å². The molecule has 3 aromatic rings. The van der Waals surface area contributed by atoms with Crippen LogP contribution in [0.15, 0.2) is 42.9 Å². The number of hydrogen-bond donors (Lipinski definition) is 2. The number of aromatic amines is 1. The molecule has 2 heterocycles. The van der Waals surface area contributed by atoms with Gasteiger partial charge in [-0.2, -0.15) is 0 Å². The summed E-state index contributed by atoms with van der Waals surface area (Å²) in [7, 11) is 0. The Hall–Kier alpha value is -2.38. The molecule has 0 spiro atoms. The number of anilines is 1. The van der Waals surface area contributed by atoms with Crippen molar-refractivity contribution in [2.24, 2.45) is 5.92 Å². The number of thiazole rings is 1. The minimum atomic E-state index is -0.0755. The summed E-state index contributed by atoms with van der Waals surface area (Å²) >= 11 is 7.45. The first-order chi connectivity index (χ1) is 14.5. The zero-order chi connectivity index (χ0) is 21.3. The Labute approximate surface area is 186 Å². The molecule has 0 fully saturated rings. The molecule has 0 aliphatic rings. The summed E-state index contributed by atoms with van der Waals surface area (Å²) in [5.74, 6) is 1.45. The molecule has 8 heteroatoms. The van der Waals surface area contributed by atoms with Crippen LogP contribution in [0.5, 0.6) is 0 Å². The Morgan fingerprint density at radius 3 is 2.77 bits per heavy atom. The molecule has 2 N–H and O–H groups in total. The minimum absolute atomic E-state index is 0.0755. The number of hydrogen-bond acceptors (Lipinski definition) is 5. The molecule has 3 rings (SSSR count). The number of aromatic nitrogens is 3. The van der Waals surface area contributed by atoms with Crippen molar-refractivity contribution in [2.75, 3.05) is 18.0 Å². The van der Waals surface area contributed by atoms with Crippen LogP contribution in [0.1, 0.15) is 47.7 Å². The Morgan fingerprint density at radius 2 is 2.07 bits per heavy atom. The summed E-state index contributed by atoms with van der Waals surface area (Å²) in [6.07, 6.45) is 7.92. The molecule has 0 atom stereocenters. The van der Waals surface area contributed by atoms with E-state index >= 15 is 0 Å². The lowest BCUT2D eigenvalue weighted by atomic mass is 10.1. The number of nitrogens with one attached hydrogen (secondary N) is 2. The second kappa shape index (κ2) is 11.1. The predicted octanol–water partition coefficient (Wildman–Crippen LogP) is 4.93. The zero-order valence-electron chi connectivity index (χ0n) is 17.4. The van der Waals surface area contributed by atoms with E-state index in [9.17, 15) is 4.79 Å². The van der Waals surface area contributed by atoms with E-state index in [1.165, 1.54) is 16.9 Å². The molecule has 0 saturated heterocycles. The molecule has 1 aromatic carbocycles. The number of halogens is 1. The molecule has 0 aliphatic carbocycles. The van der Waals surface area contributed by atoms with Crippen molar-refractivity contribution < 1.29 is 4.79 Å². The van der Waals surface area contributed by atoms with E-state index in [1.54, 1.807) is 12.4 Å². The van der Waals surface area contributed by atoms with Gasteiger partial charge in [-0.3, -0.25) is 4.79 Å². The number of benzene rings is 1. The lowest BCUT2D eigenvalue weighted by Gasteiger charge is -2.23. The molecule has 6 nitrogen and oxygen atoms in total. The van der Waals surface area contributed by atoms with E-state index in [-0.39, 0.29) is 5.91 Å². The SMILES string of the molecule is CC(C)CCN(Cc1ccc(Cl)cc1)c1ncc(C(=O)NCCCc2ncc[nH]2)s1. The van der Waals surface area contributed by atoms with Gasteiger partial charge in [0.25, 0.3) is 5.91 Å². The summed E-state index contributed by atoms with van der Waals surface area (Å²) in [6.45, 7) is 6.65. The fourth-order valence-electron chi connectivity index (χ4n) is 2.96. The summed E-state index contributed by atoms with van der Waals surface area (Å²) < 4.78 is 0. The number of imidazole rings is 1. The van der Waals surface area contributed by atoms with Crippen LogP contribution in [0.25, 0.3) is 0 Å². The van der Waals surface area contributed by atoms with Gasteiger partial charge in [0.2, 0.25) is 0 Å². The van der Waals surface area contributed by atoms with E-state index in [0.717, 1.165) is 48.3 Å². The number of carbonyl (C=O) groups is 1. The highest BCUT2D eigenvalue weighted by molar-refractivity contribution is 7.17. The smallest absolute Gasteiger partial charge is 0.263 e. The highest BCUT2D eigenvalue weighted by Gasteiger charge is 2.16. The Bertz CT molecular complexity index is 908. The summed E-state index contributed by atoms with van der Waals surface area (Å²) in [5, 5.41) is 4.57. The van der Waals surface area contributed by atoms with Crippen molar-refractivity contribution in [1.82, 2.24) is 20.3 Å². The van der Waals surface area contributed by atoms with Gasteiger partial charge >= 0.3 is 0 Å². The summed E-state index contributed by atoms with van der Waals surface area (Å²) in [4.78, 5) is 27.2. The van der Waals surface area contributed by atoms with E-state index in [0.29, 0.717) is 17.3 Å². The molecule has 0 unspecified atom stereocenters. The van der Waals surface area contributed by atoms with Crippen molar-refractivity contribution in [3.05, 3.63) is 64.1 Å². The fraction of sp³-hybridized carbons (Fsp3) is 0.409. The third-order valence-electron chi connectivity index (χ3n) is 4.68. The highest BCUT2D eigenvalue weighted by Crippen LogP contribution is 2.25. The van der Waals surface area contributed by atoms with Crippen molar-refractivity contribution in [3.8, 4) is 0 Å². The molecule has 30 heavy (non-hydrogen) atoms. The van der Waals surface area contributed by atoms with Crippen molar-refractivity contribution in [2.45, 2.75) is 39.7 Å².